The summed E-state index contributed by atoms with van der Waals surface area (Å²) in [6.07, 6.45) is 0.514. The maximum absolute atomic E-state index is 12.8. The molecule has 6 nitrogen and oxygen atoms in total. The summed E-state index contributed by atoms with van der Waals surface area (Å²) in [4.78, 5) is 14.4. The van der Waals surface area contributed by atoms with Gasteiger partial charge in [-0.2, -0.15) is 0 Å². The molecule has 0 saturated carbocycles. The summed E-state index contributed by atoms with van der Waals surface area (Å²) in [6.45, 7) is 4.85. The molecule has 1 aliphatic rings. The van der Waals surface area contributed by atoms with Crippen LogP contribution >= 0.6 is 0 Å². The number of fused-ring (bicyclic) bond motifs is 3. The van der Waals surface area contributed by atoms with Crippen LogP contribution in [0.25, 0.3) is 21.8 Å². The first kappa shape index (κ1) is 19.8. The second-order valence-corrected chi connectivity index (χ2v) is 10.1. The van der Waals surface area contributed by atoms with E-state index in [0.29, 0.717) is 6.42 Å². The third-order valence-electron chi connectivity index (χ3n) is 5.95. The van der Waals surface area contributed by atoms with Crippen LogP contribution in [0.5, 0.6) is 0 Å². The summed E-state index contributed by atoms with van der Waals surface area (Å²) in [6, 6.07) is 13.8. The molecule has 154 valence electrons. The van der Waals surface area contributed by atoms with Crippen molar-refractivity contribution in [3.63, 3.8) is 0 Å². The zero-order valence-corrected chi connectivity index (χ0v) is 17.9. The van der Waals surface area contributed by atoms with Crippen LogP contribution in [0.2, 0.25) is 0 Å². The molecule has 29 heavy (non-hydrogen) atoms. The fraction of sp³-hybridized carbons (Fsp3) is 0.409. The third-order valence-corrected chi connectivity index (χ3v) is 7.70. The van der Waals surface area contributed by atoms with Gasteiger partial charge in [0.2, 0.25) is 5.91 Å². The minimum atomic E-state index is -3.02. The largest absolute Gasteiger partial charge is 0.374 e. The number of likely N-dealkylation sites (N-methyl/N-ethyl adjacent to an activating group) is 1. The van der Waals surface area contributed by atoms with E-state index in [1.54, 1.807) is 11.9 Å². The SMILES string of the molecule is CCn1c2ccccc2c2cc(N[C@@H](C)C(=O)N(C)[C@H]3CCS(=O)(=O)C3)ccc21. The summed E-state index contributed by atoms with van der Waals surface area (Å²) < 4.78 is 25.8. The first-order valence-corrected chi connectivity index (χ1v) is 11.9. The van der Waals surface area contributed by atoms with Gasteiger partial charge in [0.15, 0.2) is 9.84 Å². The Morgan fingerprint density at radius 2 is 1.93 bits per heavy atom. The van der Waals surface area contributed by atoms with Gasteiger partial charge in [0.25, 0.3) is 0 Å². The Balaban J connectivity index is 1.57. The topological polar surface area (TPSA) is 71.4 Å². The highest BCUT2D eigenvalue weighted by Crippen LogP contribution is 2.31. The minimum absolute atomic E-state index is 0.0600. The van der Waals surface area contributed by atoms with Crippen LogP contribution < -0.4 is 5.32 Å². The Hall–Kier alpha value is -2.54. The second-order valence-electron chi connectivity index (χ2n) is 7.87. The van der Waals surface area contributed by atoms with E-state index in [9.17, 15) is 13.2 Å². The van der Waals surface area contributed by atoms with Gasteiger partial charge in [-0.3, -0.25) is 4.79 Å². The highest BCUT2D eigenvalue weighted by molar-refractivity contribution is 7.91. The number of sulfone groups is 1. The summed E-state index contributed by atoms with van der Waals surface area (Å²) in [5, 5.41) is 5.65. The van der Waals surface area contributed by atoms with Crippen molar-refractivity contribution in [3.05, 3.63) is 42.5 Å². The van der Waals surface area contributed by atoms with Gasteiger partial charge >= 0.3 is 0 Å². The molecular weight excluding hydrogens is 386 g/mol. The zero-order valence-electron chi connectivity index (χ0n) is 17.1. The normalized spacial score (nSPS) is 19.5. The number of carbonyl (C=O) groups is 1. The molecule has 4 rings (SSSR count). The monoisotopic (exact) mass is 413 g/mol. The van der Waals surface area contributed by atoms with Crippen molar-refractivity contribution in [1.29, 1.82) is 0 Å². The van der Waals surface area contributed by atoms with Crippen LogP contribution in [-0.2, 0) is 21.2 Å². The second kappa shape index (κ2) is 7.37. The number of anilines is 1. The van der Waals surface area contributed by atoms with E-state index in [0.717, 1.165) is 17.6 Å². The van der Waals surface area contributed by atoms with Gasteiger partial charge in [0.1, 0.15) is 6.04 Å². The Morgan fingerprint density at radius 1 is 1.21 bits per heavy atom. The van der Waals surface area contributed by atoms with Gasteiger partial charge in [0.05, 0.1) is 11.5 Å². The Labute approximate surface area is 171 Å². The molecule has 1 N–H and O–H groups in total. The van der Waals surface area contributed by atoms with Gasteiger partial charge in [-0.05, 0) is 44.5 Å². The number of nitrogens with one attached hydrogen (secondary N) is 1. The number of hydrogen-bond donors (Lipinski definition) is 1. The molecule has 2 aromatic carbocycles. The number of aryl methyl sites for hydroxylation is 1. The van der Waals surface area contributed by atoms with E-state index < -0.39 is 15.9 Å². The number of nitrogens with zero attached hydrogens (tertiary/aromatic N) is 2. The number of para-hydroxylation sites is 1. The highest BCUT2D eigenvalue weighted by Gasteiger charge is 2.34. The highest BCUT2D eigenvalue weighted by atomic mass is 32.2. The lowest BCUT2D eigenvalue weighted by molar-refractivity contribution is -0.132. The maximum atomic E-state index is 12.8. The molecular formula is C22H27N3O3S. The molecule has 0 radical (unpaired) electrons. The molecule has 2 heterocycles. The van der Waals surface area contributed by atoms with E-state index in [1.807, 2.05) is 25.1 Å². The smallest absolute Gasteiger partial charge is 0.244 e. The fourth-order valence-electron chi connectivity index (χ4n) is 4.36. The van der Waals surface area contributed by atoms with Crippen molar-refractivity contribution < 1.29 is 13.2 Å². The van der Waals surface area contributed by atoms with Gasteiger partial charge < -0.3 is 14.8 Å². The molecule has 2 atom stereocenters. The lowest BCUT2D eigenvalue weighted by atomic mass is 10.1. The standard InChI is InChI=1S/C22H27N3O3S/c1-4-25-20-8-6-5-7-18(20)19-13-16(9-10-21(19)25)23-15(2)22(26)24(3)17-11-12-29(27,28)14-17/h5-10,13,15,17,23H,4,11-12,14H2,1-3H3/t15-,17-/m0/s1. The van der Waals surface area contributed by atoms with Crippen LogP contribution in [-0.4, -0.2) is 54.4 Å². The summed E-state index contributed by atoms with van der Waals surface area (Å²) in [5.41, 5.74) is 3.25. The number of hydrogen-bond acceptors (Lipinski definition) is 4. The van der Waals surface area contributed by atoms with E-state index >= 15 is 0 Å². The lowest BCUT2D eigenvalue weighted by Gasteiger charge is -2.27. The van der Waals surface area contributed by atoms with Crippen LogP contribution in [0.3, 0.4) is 0 Å². The van der Waals surface area contributed by atoms with Gasteiger partial charge in [-0.15, -0.1) is 0 Å². The van der Waals surface area contributed by atoms with E-state index in [1.165, 1.54) is 16.4 Å². The average Bonchev–Trinajstić information content (AvgIpc) is 3.23. The predicted octanol–water partition coefficient (Wildman–Crippen LogP) is 3.26. The summed E-state index contributed by atoms with van der Waals surface area (Å²) >= 11 is 0. The maximum Gasteiger partial charge on any atom is 0.244 e. The Morgan fingerprint density at radius 3 is 2.62 bits per heavy atom. The van der Waals surface area contributed by atoms with Crippen molar-refractivity contribution in [2.75, 3.05) is 23.9 Å². The molecule has 0 aliphatic carbocycles. The summed E-state index contributed by atoms with van der Waals surface area (Å²) in [7, 11) is -1.32. The van der Waals surface area contributed by atoms with Crippen LogP contribution in [0.15, 0.2) is 42.5 Å². The molecule has 1 saturated heterocycles. The minimum Gasteiger partial charge on any atom is -0.374 e. The third kappa shape index (κ3) is 3.59. The van der Waals surface area contributed by atoms with Gasteiger partial charge in [0, 0.05) is 47.1 Å². The van der Waals surface area contributed by atoms with Gasteiger partial charge in [-0.25, -0.2) is 8.42 Å². The van der Waals surface area contributed by atoms with Crippen molar-refractivity contribution in [2.24, 2.45) is 0 Å². The van der Waals surface area contributed by atoms with Crippen molar-refractivity contribution in [1.82, 2.24) is 9.47 Å². The quantitative estimate of drug-likeness (QED) is 0.697. The van der Waals surface area contributed by atoms with Crippen LogP contribution in [0.4, 0.5) is 5.69 Å². The number of amides is 1. The van der Waals surface area contributed by atoms with E-state index in [2.05, 4.69) is 41.1 Å². The molecule has 0 unspecified atom stereocenters. The Kier molecular flexibility index (Phi) is 5.02. The first-order valence-electron chi connectivity index (χ1n) is 10.1. The van der Waals surface area contributed by atoms with Crippen LogP contribution in [0.1, 0.15) is 20.3 Å². The number of aromatic nitrogens is 1. The summed E-state index contributed by atoms with van der Waals surface area (Å²) in [5.74, 6) is 0.128. The van der Waals surface area contributed by atoms with Crippen LogP contribution in [0, 0.1) is 0 Å². The molecule has 3 aromatic rings. The van der Waals surface area contributed by atoms with Crippen molar-refractivity contribution in [2.45, 2.75) is 38.9 Å². The average molecular weight is 414 g/mol. The Bertz CT molecular complexity index is 1180. The fourth-order valence-corrected chi connectivity index (χ4v) is 6.14. The predicted molar refractivity (Wildman–Crippen MR) is 118 cm³/mol. The first-order chi connectivity index (χ1) is 13.8. The van der Waals surface area contributed by atoms with E-state index in [4.69, 9.17) is 0 Å². The molecule has 1 aliphatic heterocycles. The van der Waals surface area contributed by atoms with Crippen molar-refractivity contribution in [3.8, 4) is 0 Å². The number of benzene rings is 2. The molecule has 1 fully saturated rings. The molecule has 1 amide bonds. The van der Waals surface area contributed by atoms with E-state index in [-0.39, 0.29) is 23.5 Å². The number of rotatable bonds is 5. The zero-order chi connectivity index (χ0) is 20.8. The molecule has 1 aromatic heterocycles. The molecule has 0 spiro atoms. The molecule has 7 heteroatoms. The van der Waals surface area contributed by atoms with Gasteiger partial charge in [-0.1, -0.05) is 18.2 Å². The number of carbonyl (C=O) groups excluding carboxylic acids is 1. The van der Waals surface area contributed by atoms with Crippen molar-refractivity contribution >= 4 is 43.2 Å². The molecule has 0 bridgehead atoms. The lowest BCUT2D eigenvalue weighted by Crippen LogP contribution is -2.45.